The summed E-state index contributed by atoms with van der Waals surface area (Å²) in [6.07, 6.45) is 1.25. The van der Waals surface area contributed by atoms with Crippen LogP contribution < -0.4 is 10.6 Å². The van der Waals surface area contributed by atoms with Crippen molar-refractivity contribution in [2.24, 2.45) is 5.73 Å². The third-order valence-electron chi connectivity index (χ3n) is 4.57. The zero-order chi connectivity index (χ0) is 20.8. The summed E-state index contributed by atoms with van der Waals surface area (Å²) in [5.74, 6) is -1.59. The maximum absolute atomic E-state index is 14.9. The molecule has 1 amide bonds. The Morgan fingerprint density at radius 2 is 1.90 bits per heavy atom. The van der Waals surface area contributed by atoms with Crippen LogP contribution in [0.3, 0.4) is 0 Å². The van der Waals surface area contributed by atoms with Crippen LogP contribution in [-0.2, 0) is 16.1 Å². The van der Waals surface area contributed by atoms with Crippen molar-refractivity contribution in [3.8, 4) is 0 Å². The summed E-state index contributed by atoms with van der Waals surface area (Å²) >= 11 is 0. The maximum Gasteiger partial charge on any atom is 0.313 e. The maximum atomic E-state index is 14.9. The molecule has 1 aromatic carbocycles. The Kier molecular flexibility index (Phi) is 6.38. The van der Waals surface area contributed by atoms with Gasteiger partial charge in [-0.25, -0.2) is 4.39 Å². The van der Waals surface area contributed by atoms with E-state index >= 15 is 0 Å². The number of hydrogen-bond acceptors (Lipinski definition) is 6. The third-order valence-corrected chi connectivity index (χ3v) is 4.57. The number of ether oxygens (including phenoxy) is 1. The number of carbonyl (C=O) groups excluding carboxylic acids is 2. The van der Waals surface area contributed by atoms with Crippen molar-refractivity contribution in [3.05, 3.63) is 59.7 Å². The molecule has 1 saturated heterocycles. The van der Waals surface area contributed by atoms with Crippen LogP contribution in [0.1, 0.15) is 22.5 Å². The molecule has 2 heterocycles. The Morgan fingerprint density at radius 1 is 1.14 bits per heavy atom. The lowest BCUT2D eigenvalue weighted by molar-refractivity contribution is -0.143. The first kappa shape index (κ1) is 20.2. The number of benzene rings is 1. The van der Waals surface area contributed by atoms with Gasteiger partial charge in [-0.3, -0.25) is 20.0 Å². The molecule has 3 rings (SSSR count). The molecular weight excluding hydrogens is 377 g/mol. The smallest absolute Gasteiger partial charge is 0.313 e. The standard InChI is InChI=1S/C20H22FN5O3/c21-19-14(13-29-18(27)12-17(22)23)4-3-6-16(19)25-8-10-26(11-9-25)20(28)15-5-1-2-7-24-15/h1-7H,8-13H2,(H3,22,23). The van der Waals surface area contributed by atoms with E-state index in [1.54, 1.807) is 47.5 Å². The van der Waals surface area contributed by atoms with Gasteiger partial charge in [0.15, 0.2) is 5.82 Å². The van der Waals surface area contributed by atoms with E-state index in [-0.39, 0.29) is 30.3 Å². The predicted octanol–water partition coefficient (Wildman–Crippen LogP) is 1.55. The number of rotatable bonds is 6. The van der Waals surface area contributed by atoms with E-state index in [2.05, 4.69) is 4.98 Å². The number of amidine groups is 1. The molecule has 0 atom stereocenters. The van der Waals surface area contributed by atoms with Crippen LogP contribution in [0, 0.1) is 11.2 Å². The highest BCUT2D eigenvalue weighted by atomic mass is 19.1. The van der Waals surface area contributed by atoms with E-state index in [9.17, 15) is 14.0 Å². The van der Waals surface area contributed by atoms with Gasteiger partial charge in [-0.05, 0) is 18.2 Å². The molecule has 0 saturated carbocycles. The minimum atomic E-state index is -0.677. The SMILES string of the molecule is N=C(N)CC(=O)OCc1cccc(N2CCN(C(=O)c3ccccn3)CC2)c1F. The number of nitrogens with zero attached hydrogens (tertiary/aromatic N) is 3. The zero-order valence-corrected chi connectivity index (χ0v) is 15.8. The number of carbonyl (C=O) groups is 2. The van der Waals surface area contributed by atoms with Gasteiger partial charge < -0.3 is 20.3 Å². The molecule has 8 nitrogen and oxygen atoms in total. The molecule has 3 N–H and O–H groups in total. The average molecular weight is 399 g/mol. The number of anilines is 1. The highest BCUT2D eigenvalue weighted by molar-refractivity contribution is 5.94. The van der Waals surface area contributed by atoms with Crippen molar-refractivity contribution >= 4 is 23.4 Å². The van der Waals surface area contributed by atoms with Crippen LogP contribution in [0.5, 0.6) is 0 Å². The average Bonchev–Trinajstić information content (AvgIpc) is 2.73. The van der Waals surface area contributed by atoms with Gasteiger partial charge in [-0.2, -0.15) is 0 Å². The molecule has 1 fully saturated rings. The summed E-state index contributed by atoms with van der Waals surface area (Å²) < 4.78 is 19.9. The Hall–Kier alpha value is -3.49. The number of hydrogen-bond donors (Lipinski definition) is 2. The van der Waals surface area contributed by atoms with Gasteiger partial charge in [0, 0.05) is 37.9 Å². The largest absolute Gasteiger partial charge is 0.460 e. The number of amides is 1. The Labute approximate surface area is 167 Å². The minimum Gasteiger partial charge on any atom is -0.460 e. The van der Waals surface area contributed by atoms with E-state index in [1.807, 2.05) is 4.90 Å². The number of piperazine rings is 1. The van der Waals surface area contributed by atoms with E-state index in [1.165, 1.54) is 0 Å². The number of halogens is 1. The summed E-state index contributed by atoms with van der Waals surface area (Å²) in [6, 6.07) is 10.1. The Balaban J connectivity index is 1.61. The van der Waals surface area contributed by atoms with E-state index < -0.39 is 11.8 Å². The number of esters is 1. The van der Waals surface area contributed by atoms with Gasteiger partial charge in [0.1, 0.15) is 24.6 Å². The highest BCUT2D eigenvalue weighted by Crippen LogP contribution is 2.24. The molecule has 9 heteroatoms. The first-order valence-corrected chi connectivity index (χ1v) is 9.17. The molecular formula is C20H22FN5O3. The van der Waals surface area contributed by atoms with Crippen molar-refractivity contribution < 1.29 is 18.7 Å². The second-order valence-corrected chi connectivity index (χ2v) is 6.61. The van der Waals surface area contributed by atoms with Crippen LogP contribution >= 0.6 is 0 Å². The molecule has 1 aromatic heterocycles. The molecule has 0 spiro atoms. The van der Waals surface area contributed by atoms with Crippen LogP contribution in [0.15, 0.2) is 42.6 Å². The molecule has 0 unspecified atom stereocenters. The number of pyridine rings is 1. The van der Waals surface area contributed by atoms with E-state index in [0.717, 1.165) is 0 Å². The Morgan fingerprint density at radius 3 is 2.55 bits per heavy atom. The zero-order valence-electron chi connectivity index (χ0n) is 15.8. The van der Waals surface area contributed by atoms with Crippen molar-refractivity contribution in [2.45, 2.75) is 13.0 Å². The molecule has 1 aliphatic rings. The van der Waals surface area contributed by atoms with Gasteiger partial charge in [0.25, 0.3) is 5.91 Å². The topological polar surface area (TPSA) is 113 Å². The van der Waals surface area contributed by atoms with Gasteiger partial charge in [-0.15, -0.1) is 0 Å². The highest BCUT2D eigenvalue weighted by Gasteiger charge is 2.25. The van der Waals surface area contributed by atoms with Gasteiger partial charge in [-0.1, -0.05) is 18.2 Å². The first-order valence-electron chi connectivity index (χ1n) is 9.17. The van der Waals surface area contributed by atoms with E-state index in [0.29, 0.717) is 37.6 Å². The summed E-state index contributed by atoms with van der Waals surface area (Å²) in [6.45, 7) is 1.62. The number of nitrogens with two attached hydrogens (primary N) is 1. The van der Waals surface area contributed by atoms with Gasteiger partial charge >= 0.3 is 5.97 Å². The lowest BCUT2D eigenvalue weighted by atomic mass is 10.1. The first-order chi connectivity index (χ1) is 14.0. The van der Waals surface area contributed by atoms with Gasteiger partial charge in [0.05, 0.1) is 5.69 Å². The summed E-state index contributed by atoms with van der Waals surface area (Å²) in [5, 5.41) is 7.08. The summed E-state index contributed by atoms with van der Waals surface area (Å²) in [7, 11) is 0. The van der Waals surface area contributed by atoms with Crippen LogP contribution in [-0.4, -0.2) is 53.8 Å². The fourth-order valence-electron chi connectivity index (χ4n) is 3.09. The second-order valence-electron chi connectivity index (χ2n) is 6.61. The quantitative estimate of drug-likeness (QED) is 0.433. The monoisotopic (exact) mass is 399 g/mol. The second kappa shape index (κ2) is 9.13. The van der Waals surface area contributed by atoms with E-state index in [4.69, 9.17) is 15.9 Å². The molecule has 2 aromatic rings. The lowest BCUT2D eigenvalue weighted by Gasteiger charge is -2.36. The molecule has 152 valence electrons. The van der Waals surface area contributed by atoms with Crippen molar-refractivity contribution in [1.29, 1.82) is 5.41 Å². The fourth-order valence-corrected chi connectivity index (χ4v) is 3.09. The number of nitrogens with one attached hydrogen (secondary N) is 1. The van der Waals surface area contributed by atoms with Gasteiger partial charge in [0.2, 0.25) is 0 Å². The van der Waals surface area contributed by atoms with Crippen LogP contribution in [0.25, 0.3) is 0 Å². The minimum absolute atomic E-state index is 0.142. The van der Waals surface area contributed by atoms with Crippen LogP contribution in [0.4, 0.5) is 10.1 Å². The van der Waals surface area contributed by atoms with Crippen molar-refractivity contribution in [2.75, 3.05) is 31.1 Å². The molecule has 0 bridgehead atoms. The molecule has 0 radical (unpaired) electrons. The molecule has 0 aliphatic carbocycles. The predicted molar refractivity (Wildman–Crippen MR) is 105 cm³/mol. The third kappa shape index (κ3) is 5.07. The van der Waals surface area contributed by atoms with Crippen molar-refractivity contribution in [3.63, 3.8) is 0 Å². The molecule has 29 heavy (non-hydrogen) atoms. The fraction of sp³-hybridized carbons (Fsp3) is 0.300. The summed E-state index contributed by atoms with van der Waals surface area (Å²) in [5.41, 5.74) is 6.18. The van der Waals surface area contributed by atoms with Crippen LogP contribution in [0.2, 0.25) is 0 Å². The number of aromatic nitrogens is 1. The molecule has 1 aliphatic heterocycles. The normalized spacial score (nSPS) is 13.8. The Bertz CT molecular complexity index is 898. The van der Waals surface area contributed by atoms with Crippen molar-refractivity contribution in [1.82, 2.24) is 9.88 Å². The lowest BCUT2D eigenvalue weighted by Crippen LogP contribution is -2.49. The summed E-state index contributed by atoms with van der Waals surface area (Å²) in [4.78, 5) is 31.7.